The van der Waals surface area contributed by atoms with E-state index in [1.165, 1.54) is 16.4 Å². The molecule has 0 atom stereocenters. The van der Waals surface area contributed by atoms with E-state index < -0.39 is 51.5 Å². The standard InChI is InChI=1S/C20H18F3N3O5S3/c21-12-9-13-19(18(23)17(12)22)25-20(33-13)24-14(27)10-31-15(28)8-11-4-5-16(32-11)34(29,30)26-6-2-1-3-7-26/h4-5,9H,1-3,6-8,10H2,(H,24,25,27). The highest BCUT2D eigenvalue weighted by molar-refractivity contribution is 7.91. The molecule has 0 aliphatic carbocycles. The average Bonchev–Trinajstić information content (AvgIpc) is 3.44. The smallest absolute Gasteiger partial charge is 0.311 e. The van der Waals surface area contributed by atoms with Crippen molar-refractivity contribution in [2.24, 2.45) is 0 Å². The molecule has 3 aromatic rings. The average molecular weight is 534 g/mol. The van der Waals surface area contributed by atoms with Crippen LogP contribution >= 0.6 is 22.7 Å². The molecule has 4 rings (SSSR count). The number of sulfonamides is 1. The number of halogens is 3. The van der Waals surface area contributed by atoms with Crippen molar-refractivity contribution in [1.82, 2.24) is 9.29 Å². The Morgan fingerprint density at radius 2 is 1.82 bits per heavy atom. The zero-order valence-electron chi connectivity index (χ0n) is 17.5. The number of piperidine rings is 1. The van der Waals surface area contributed by atoms with Crippen LogP contribution in [0, 0.1) is 17.5 Å². The number of nitrogens with zero attached hydrogens (tertiary/aromatic N) is 2. The zero-order chi connectivity index (χ0) is 24.5. The van der Waals surface area contributed by atoms with Crippen molar-refractivity contribution in [3.8, 4) is 0 Å². The maximum absolute atomic E-state index is 13.8. The van der Waals surface area contributed by atoms with Gasteiger partial charge in [-0.25, -0.2) is 26.6 Å². The first-order valence-corrected chi connectivity index (χ1v) is 13.2. The molecule has 0 unspecified atom stereocenters. The highest BCUT2D eigenvalue weighted by Crippen LogP contribution is 2.30. The highest BCUT2D eigenvalue weighted by Gasteiger charge is 2.27. The van der Waals surface area contributed by atoms with Gasteiger partial charge in [-0.2, -0.15) is 4.31 Å². The summed E-state index contributed by atoms with van der Waals surface area (Å²) in [5, 5.41) is 2.15. The summed E-state index contributed by atoms with van der Waals surface area (Å²) in [6.07, 6.45) is 2.39. The molecule has 1 amide bonds. The van der Waals surface area contributed by atoms with Crippen LogP contribution in [0.5, 0.6) is 0 Å². The van der Waals surface area contributed by atoms with Gasteiger partial charge in [0.05, 0.1) is 11.1 Å². The second-order valence-electron chi connectivity index (χ2n) is 7.42. The van der Waals surface area contributed by atoms with Crippen LogP contribution in [-0.2, 0) is 30.8 Å². The first-order chi connectivity index (χ1) is 16.1. The summed E-state index contributed by atoms with van der Waals surface area (Å²) in [6.45, 7) is 0.264. The number of ether oxygens (including phenoxy) is 1. The number of benzene rings is 1. The van der Waals surface area contributed by atoms with Crippen molar-refractivity contribution < 1.29 is 35.9 Å². The van der Waals surface area contributed by atoms with Gasteiger partial charge in [-0.05, 0) is 31.0 Å². The fourth-order valence-corrected chi connectivity index (χ4v) is 7.26. The molecule has 2 aromatic heterocycles. The minimum absolute atomic E-state index is 0.00306. The Kier molecular flexibility index (Phi) is 7.21. The number of nitrogens with one attached hydrogen (secondary N) is 1. The quantitative estimate of drug-likeness (QED) is 0.367. The minimum atomic E-state index is -3.60. The van der Waals surface area contributed by atoms with Crippen LogP contribution in [-0.4, -0.2) is 49.3 Å². The van der Waals surface area contributed by atoms with Gasteiger partial charge < -0.3 is 4.74 Å². The molecule has 1 aliphatic heterocycles. The predicted molar refractivity (Wildman–Crippen MR) is 120 cm³/mol. The van der Waals surface area contributed by atoms with Crippen LogP contribution < -0.4 is 5.32 Å². The van der Waals surface area contributed by atoms with Crippen molar-refractivity contribution in [2.45, 2.75) is 29.9 Å². The summed E-state index contributed by atoms with van der Waals surface area (Å²) in [5.74, 6) is -6.03. The molecule has 34 heavy (non-hydrogen) atoms. The molecule has 1 aromatic carbocycles. The van der Waals surface area contributed by atoms with E-state index in [-0.39, 0.29) is 20.5 Å². The normalized spacial score (nSPS) is 14.9. The lowest BCUT2D eigenvalue weighted by molar-refractivity contribution is -0.146. The summed E-state index contributed by atoms with van der Waals surface area (Å²) < 4.78 is 72.3. The molecule has 0 radical (unpaired) electrons. The number of amides is 1. The van der Waals surface area contributed by atoms with Crippen LogP contribution in [0.3, 0.4) is 0 Å². The summed E-state index contributed by atoms with van der Waals surface area (Å²) in [4.78, 5) is 28.3. The Morgan fingerprint density at radius 3 is 2.56 bits per heavy atom. The van der Waals surface area contributed by atoms with E-state index in [0.717, 1.165) is 48.0 Å². The van der Waals surface area contributed by atoms with Gasteiger partial charge in [0.2, 0.25) is 0 Å². The van der Waals surface area contributed by atoms with E-state index in [2.05, 4.69) is 10.3 Å². The molecule has 182 valence electrons. The van der Waals surface area contributed by atoms with Crippen molar-refractivity contribution in [3.05, 3.63) is 40.5 Å². The SMILES string of the molecule is O=C(COC(=O)Cc1ccc(S(=O)(=O)N2CCCCC2)s1)Nc1nc2c(F)c(F)c(F)cc2s1. The molecule has 0 saturated carbocycles. The van der Waals surface area contributed by atoms with Gasteiger partial charge in [-0.3, -0.25) is 14.9 Å². The topological polar surface area (TPSA) is 106 Å². The number of hydrogen-bond acceptors (Lipinski definition) is 8. The zero-order valence-corrected chi connectivity index (χ0v) is 19.9. The van der Waals surface area contributed by atoms with E-state index in [9.17, 15) is 31.2 Å². The third kappa shape index (κ3) is 5.24. The second-order valence-corrected chi connectivity index (χ2v) is 11.8. The Bertz CT molecular complexity index is 1350. The number of aromatic nitrogens is 1. The van der Waals surface area contributed by atoms with Gasteiger partial charge in [-0.15, -0.1) is 11.3 Å². The lowest BCUT2D eigenvalue weighted by Gasteiger charge is -2.25. The van der Waals surface area contributed by atoms with Crippen LogP contribution in [0.25, 0.3) is 10.2 Å². The van der Waals surface area contributed by atoms with E-state index >= 15 is 0 Å². The Morgan fingerprint density at radius 1 is 1.09 bits per heavy atom. The molecule has 1 N–H and O–H groups in total. The number of thiophene rings is 1. The molecule has 1 aliphatic rings. The van der Waals surface area contributed by atoms with E-state index in [1.807, 2.05) is 0 Å². The number of anilines is 1. The van der Waals surface area contributed by atoms with Crippen molar-refractivity contribution in [1.29, 1.82) is 0 Å². The monoisotopic (exact) mass is 533 g/mol. The van der Waals surface area contributed by atoms with Crippen LogP contribution in [0.4, 0.5) is 18.3 Å². The van der Waals surface area contributed by atoms with Gasteiger partial charge in [0, 0.05) is 18.0 Å². The van der Waals surface area contributed by atoms with Gasteiger partial charge in [0.15, 0.2) is 29.2 Å². The van der Waals surface area contributed by atoms with Gasteiger partial charge >= 0.3 is 5.97 Å². The first kappa shape index (κ1) is 24.6. The molecule has 8 nitrogen and oxygen atoms in total. The number of rotatable bonds is 7. The van der Waals surface area contributed by atoms with Crippen LogP contribution in [0.2, 0.25) is 0 Å². The number of hydrogen-bond donors (Lipinski definition) is 1. The molecule has 0 spiro atoms. The van der Waals surface area contributed by atoms with Gasteiger partial charge in [0.25, 0.3) is 15.9 Å². The Hall–Kier alpha value is -2.55. The van der Waals surface area contributed by atoms with Crippen LogP contribution in [0.15, 0.2) is 22.4 Å². The van der Waals surface area contributed by atoms with Gasteiger partial charge in [-0.1, -0.05) is 17.8 Å². The third-order valence-corrected chi connectivity index (χ3v) is 9.37. The number of fused-ring (bicyclic) bond motifs is 1. The Labute approximate surface area is 200 Å². The maximum Gasteiger partial charge on any atom is 0.311 e. The first-order valence-electron chi connectivity index (χ1n) is 10.1. The summed E-state index contributed by atoms with van der Waals surface area (Å²) in [5.41, 5.74) is -0.427. The molecule has 1 saturated heterocycles. The lowest BCUT2D eigenvalue weighted by atomic mass is 10.2. The summed E-state index contributed by atoms with van der Waals surface area (Å²) in [7, 11) is -3.60. The van der Waals surface area contributed by atoms with Gasteiger partial charge in [0.1, 0.15) is 9.73 Å². The highest BCUT2D eigenvalue weighted by atomic mass is 32.2. The van der Waals surface area contributed by atoms with Crippen molar-refractivity contribution in [2.75, 3.05) is 25.0 Å². The number of esters is 1. The lowest BCUT2D eigenvalue weighted by Crippen LogP contribution is -2.35. The van der Waals surface area contributed by atoms with Crippen molar-refractivity contribution in [3.63, 3.8) is 0 Å². The van der Waals surface area contributed by atoms with E-state index in [4.69, 9.17) is 4.74 Å². The number of carbonyl (C=O) groups is 2. The second kappa shape index (κ2) is 9.98. The van der Waals surface area contributed by atoms with Crippen LogP contribution in [0.1, 0.15) is 24.1 Å². The molecule has 1 fully saturated rings. The minimum Gasteiger partial charge on any atom is -0.455 e. The largest absolute Gasteiger partial charge is 0.455 e. The molecule has 0 bridgehead atoms. The number of thiazole rings is 1. The fraction of sp³-hybridized carbons (Fsp3) is 0.350. The fourth-order valence-electron chi connectivity index (χ4n) is 3.35. The molecule has 14 heteroatoms. The van der Waals surface area contributed by atoms with E-state index in [1.54, 1.807) is 0 Å². The van der Waals surface area contributed by atoms with Crippen molar-refractivity contribution >= 4 is 59.9 Å². The molecular weight excluding hydrogens is 515 g/mol. The predicted octanol–water partition coefficient (Wildman–Crippen LogP) is 3.67. The number of carbonyl (C=O) groups excluding carboxylic acids is 2. The summed E-state index contributed by atoms with van der Waals surface area (Å²) in [6, 6.07) is 3.74. The molecular formula is C20H18F3N3O5S3. The molecule has 3 heterocycles. The summed E-state index contributed by atoms with van der Waals surface area (Å²) >= 11 is 1.70. The third-order valence-electron chi connectivity index (χ3n) is 5.00. The maximum atomic E-state index is 13.8. The Balaban J connectivity index is 1.31. The van der Waals surface area contributed by atoms with E-state index in [0.29, 0.717) is 18.0 Å².